The molecule has 2 unspecified atom stereocenters. The lowest BCUT2D eigenvalue weighted by Crippen LogP contribution is -2.42. The molecule has 0 radical (unpaired) electrons. The smallest absolute Gasteiger partial charge is 0.0615 e. The van der Waals surface area contributed by atoms with E-state index in [4.69, 9.17) is 9.47 Å². The van der Waals surface area contributed by atoms with E-state index in [-0.39, 0.29) is 0 Å². The van der Waals surface area contributed by atoms with Gasteiger partial charge in [-0.25, -0.2) is 0 Å². The zero-order valence-corrected chi connectivity index (χ0v) is 13.9. The first-order chi connectivity index (χ1) is 9.69. The predicted octanol–water partition coefficient (Wildman–Crippen LogP) is 2.38. The van der Waals surface area contributed by atoms with Gasteiger partial charge in [0.05, 0.1) is 13.2 Å². The molecule has 0 aliphatic carbocycles. The van der Waals surface area contributed by atoms with E-state index in [1.807, 2.05) is 0 Å². The van der Waals surface area contributed by atoms with Crippen LogP contribution in [0.3, 0.4) is 0 Å². The molecule has 1 aromatic rings. The fourth-order valence-corrected chi connectivity index (χ4v) is 2.93. The molecule has 1 aromatic heterocycles. The van der Waals surface area contributed by atoms with Gasteiger partial charge in [-0.3, -0.25) is 4.90 Å². The Hall–Kier alpha value is -0.460. The number of hydrogen-bond acceptors (Lipinski definition) is 5. The SMILES string of the molecule is COCCN(CCNC(C)c1cccs1)C(C)COC. The summed E-state index contributed by atoms with van der Waals surface area (Å²) in [5, 5.41) is 5.70. The minimum atomic E-state index is 0.411. The van der Waals surface area contributed by atoms with Gasteiger partial charge in [0.15, 0.2) is 0 Å². The van der Waals surface area contributed by atoms with Crippen molar-refractivity contribution in [1.29, 1.82) is 0 Å². The van der Waals surface area contributed by atoms with Crippen molar-refractivity contribution in [2.45, 2.75) is 25.9 Å². The maximum absolute atomic E-state index is 5.25. The minimum absolute atomic E-state index is 0.411. The summed E-state index contributed by atoms with van der Waals surface area (Å²) >= 11 is 1.80. The van der Waals surface area contributed by atoms with Crippen LogP contribution in [0.2, 0.25) is 0 Å². The van der Waals surface area contributed by atoms with E-state index in [9.17, 15) is 0 Å². The lowest BCUT2D eigenvalue weighted by molar-refractivity contribution is 0.0753. The highest BCUT2D eigenvalue weighted by Gasteiger charge is 2.14. The Labute approximate surface area is 127 Å². The molecule has 0 aromatic carbocycles. The van der Waals surface area contributed by atoms with E-state index in [0.29, 0.717) is 12.1 Å². The van der Waals surface area contributed by atoms with E-state index in [2.05, 4.69) is 41.6 Å². The van der Waals surface area contributed by atoms with E-state index in [1.54, 1.807) is 25.6 Å². The van der Waals surface area contributed by atoms with Gasteiger partial charge in [0.1, 0.15) is 0 Å². The molecule has 0 saturated carbocycles. The number of hydrogen-bond donors (Lipinski definition) is 1. The zero-order valence-electron chi connectivity index (χ0n) is 13.1. The number of thiophene rings is 1. The Kier molecular flexibility index (Phi) is 9.05. The average molecular weight is 300 g/mol. The van der Waals surface area contributed by atoms with Crippen molar-refractivity contribution >= 4 is 11.3 Å². The van der Waals surface area contributed by atoms with Crippen molar-refractivity contribution in [3.8, 4) is 0 Å². The van der Waals surface area contributed by atoms with Crippen LogP contribution in [0.1, 0.15) is 24.8 Å². The fraction of sp³-hybridized carbons (Fsp3) is 0.733. The number of ether oxygens (including phenoxy) is 2. The summed E-state index contributed by atoms with van der Waals surface area (Å²) in [5.74, 6) is 0. The summed E-state index contributed by atoms with van der Waals surface area (Å²) < 4.78 is 10.4. The molecule has 116 valence electrons. The van der Waals surface area contributed by atoms with Crippen LogP contribution in [-0.4, -0.2) is 58.0 Å². The quantitative estimate of drug-likeness (QED) is 0.680. The van der Waals surface area contributed by atoms with Crippen LogP contribution in [0.4, 0.5) is 0 Å². The molecule has 0 amide bonds. The maximum Gasteiger partial charge on any atom is 0.0615 e. The van der Waals surface area contributed by atoms with Crippen molar-refractivity contribution < 1.29 is 9.47 Å². The topological polar surface area (TPSA) is 33.7 Å². The largest absolute Gasteiger partial charge is 0.383 e. The highest BCUT2D eigenvalue weighted by Crippen LogP contribution is 2.17. The van der Waals surface area contributed by atoms with Gasteiger partial charge >= 0.3 is 0 Å². The molecule has 0 aliphatic heterocycles. The van der Waals surface area contributed by atoms with Crippen LogP contribution in [0.25, 0.3) is 0 Å². The molecular weight excluding hydrogens is 272 g/mol. The first kappa shape index (κ1) is 17.6. The molecule has 0 saturated heterocycles. The third kappa shape index (κ3) is 6.33. The summed E-state index contributed by atoms with van der Waals surface area (Å²) in [6.45, 7) is 8.83. The van der Waals surface area contributed by atoms with Gasteiger partial charge in [-0.05, 0) is 25.3 Å². The van der Waals surface area contributed by atoms with E-state index < -0.39 is 0 Å². The highest BCUT2D eigenvalue weighted by molar-refractivity contribution is 7.10. The molecule has 2 atom stereocenters. The summed E-state index contributed by atoms with van der Waals surface area (Å²) in [6.07, 6.45) is 0. The van der Waals surface area contributed by atoms with Crippen molar-refractivity contribution in [1.82, 2.24) is 10.2 Å². The molecule has 5 heteroatoms. The Morgan fingerprint density at radius 1 is 1.25 bits per heavy atom. The predicted molar refractivity (Wildman–Crippen MR) is 85.5 cm³/mol. The molecule has 1 heterocycles. The first-order valence-corrected chi connectivity index (χ1v) is 8.05. The molecule has 20 heavy (non-hydrogen) atoms. The third-order valence-corrected chi connectivity index (χ3v) is 4.49. The molecule has 4 nitrogen and oxygen atoms in total. The second-order valence-corrected chi connectivity index (χ2v) is 6.00. The van der Waals surface area contributed by atoms with Crippen LogP contribution >= 0.6 is 11.3 Å². The minimum Gasteiger partial charge on any atom is -0.383 e. The van der Waals surface area contributed by atoms with Crippen LogP contribution in [-0.2, 0) is 9.47 Å². The summed E-state index contributed by atoms with van der Waals surface area (Å²) in [4.78, 5) is 3.79. The van der Waals surface area contributed by atoms with Crippen LogP contribution in [0.15, 0.2) is 17.5 Å². The Balaban J connectivity index is 2.33. The molecule has 0 fully saturated rings. The van der Waals surface area contributed by atoms with Gasteiger partial charge in [-0.1, -0.05) is 6.07 Å². The number of nitrogens with zero attached hydrogens (tertiary/aromatic N) is 1. The van der Waals surface area contributed by atoms with Crippen molar-refractivity contribution in [3.63, 3.8) is 0 Å². The third-order valence-electron chi connectivity index (χ3n) is 3.43. The lowest BCUT2D eigenvalue weighted by Gasteiger charge is -2.29. The van der Waals surface area contributed by atoms with Crippen molar-refractivity contribution in [2.75, 3.05) is 47.1 Å². The van der Waals surface area contributed by atoms with Gasteiger partial charge in [0, 0.05) is 50.8 Å². The number of methoxy groups -OCH3 is 2. The van der Waals surface area contributed by atoms with Crippen molar-refractivity contribution in [3.05, 3.63) is 22.4 Å². The summed E-state index contributed by atoms with van der Waals surface area (Å²) in [7, 11) is 3.50. The molecule has 0 aliphatic rings. The first-order valence-electron chi connectivity index (χ1n) is 7.17. The standard InChI is InChI=1S/C15H28N2O2S/c1-13(12-19-4)17(9-10-18-3)8-7-16-14(2)15-6-5-11-20-15/h5-6,11,13-14,16H,7-10,12H2,1-4H3. The Morgan fingerprint density at radius 3 is 2.65 bits per heavy atom. The van der Waals surface area contributed by atoms with Gasteiger partial charge in [0.25, 0.3) is 0 Å². The normalized spacial score (nSPS) is 14.7. The second kappa shape index (κ2) is 10.3. The fourth-order valence-electron chi connectivity index (χ4n) is 2.17. The number of nitrogens with one attached hydrogen (secondary N) is 1. The summed E-state index contributed by atoms with van der Waals surface area (Å²) in [5.41, 5.74) is 0. The molecule has 0 spiro atoms. The molecular formula is C15H28N2O2S. The molecule has 1 rings (SSSR count). The second-order valence-electron chi connectivity index (χ2n) is 5.02. The number of rotatable bonds is 11. The van der Waals surface area contributed by atoms with Gasteiger partial charge in [-0.2, -0.15) is 0 Å². The zero-order chi connectivity index (χ0) is 14.8. The highest BCUT2D eigenvalue weighted by atomic mass is 32.1. The van der Waals surface area contributed by atoms with Gasteiger partial charge < -0.3 is 14.8 Å². The Morgan fingerprint density at radius 2 is 2.05 bits per heavy atom. The van der Waals surface area contributed by atoms with Gasteiger partial charge in [0.2, 0.25) is 0 Å². The lowest BCUT2D eigenvalue weighted by atomic mass is 10.2. The van der Waals surface area contributed by atoms with E-state index in [0.717, 1.165) is 32.8 Å². The van der Waals surface area contributed by atoms with Crippen molar-refractivity contribution in [2.24, 2.45) is 0 Å². The van der Waals surface area contributed by atoms with Crippen LogP contribution in [0.5, 0.6) is 0 Å². The van der Waals surface area contributed by atoms with Crippen LogP contribution in [0, 0.1) is 0 Å². The van der Waals surface area contributed by atoms with Crippen LogP contribution < -0.4 is 5.32 Å². The monoisotopic (exact) mass is 300 g/mol. The Bertz CT molecular complexity index is 333. The van der Waals surface area contributed by atoms with E-state index >= 15 is 0 Å². The summed E-state index contributed by atoms with van der Waals surface area (Å²) in [6, 6.07) is 5.11. The molecule has 1 N–H and O–H groups in total. The average Bonchev–Trinajstić information content (AvgIpc) is 2.96. The van der Waals surface area contributed by atoms with Gasteiger partial charge in [-0.15, -0.1) is 11.3 Å². The molecule has 0 bridgehead atoms. The van der Waals surface area contributed by atoms with E-state index in [1.165, 1.54) is 4.88 Å². The maximum atomic E-state index is 5.25.